The van der Waals surface area contributed by atoms with Crippen molar-refractivity contribution in [1.82, 2.24) is 5.01 Å². The summed E-state index contributed by atoms with van der Waals surface area (Å²) in [5.41, 5.74) is 3.26. The molecule has 3 rings (SSSR count). The molecular formula is C25H26N2O3. The Morgan fingerprint density at radius 3 is 1.63 bits per heavy atom. The van der Waals surface area contributed by atoms with E-state index in [0.29, 0.717) is 17.7 Å². The molecule has 0 saturated heterocycles. The zero-order valence-corrected chi connectivity index (χ0v) is 16.7. The van der Waals surface area contributed by atoms with Gasteiger partial charge in [-0.15, -0.1) is 0 Å². The Labute approximate surface area is 176 Å². The number of hydrazine groups is 1. The minimum atomic E-state index is -1.32. The van der Waals surface area contributed by atoms with Gasteiger partial charge in [-0.25, -0.2) is 15.6 Å². The lowest BCUT2D eigenvalue weighted by Gasteiger charge is -2.30. The van der Waals surface area contributed by atoms with Gasteiger partial charge in [0.2, 0.25) is 0 Å². The number of benzene rings is 3. The third-order valence-corrected chi connectivity index (χ3v) is 5.49. The number of carboxylic acid groups (broad SMARTS) is 1. The molecule has 0 saturated carbocycles. The Hall–Kier alpha value is -3.44. The van der Waals surface area contributed by atoms with E-state index in [1.807, 2.05) is 66.7 Å². The second-order valence-electron chi connectivity index (χ2n) is 7.28. The second-order valence-corrected chi connectivity index (χ2v) is 7.28. The van der Waals surface area contributed by atoms with Gasteiger partial charge in [0.15, 0.2) is 0 Å². The molecule has 0 aliphatic heterocycles. The van der Waals surface area contributed by atoms with Crippen molar-refractivity contribution in [3.8, 4) is 0 Å². The van der Waals surface area contributed by atoms with Crippen molar-refractivity contribution in [1.29, 1.82) is 0 Å². The maximum atomic E-state index is 11.9. The van der Waals surface area contributed by atoms with Crippen LogP contribution >= 0.6 is 0 Å². The average Bonchev–Trinajstić information content (AvgIpc) is 2.80. The van der Waals surface area contributed by atoms with Gasteiger partial charge in [0, 0.05) is 11.8 Å². The van der Waals surface area contributed by atoms with Gasteiger partial charge in [-0.1, -0.05) is 91.0 Å². The number of carbonyl (C=O) groups excluding carboxylic acids is 1. The number of hydrogen-bond acceptors (Lipinski definition) is 3. The summed E-state index contributed by atoms with van der Waals surface area (Å²) in [6.45, 7) is 0. The normalized spacial score (nSPS) is 12.9. The summed E-state index contributed by atoms with van der Waals surface area (Å²) in [5.74, 6) is 5.52. The molecule has 5 nitrogen and oxygen atoms in total. The summed E-state index contributed by atoms with van der Waals surface area (Å²) < 4.78 is 0. The van der Waals surface area contributed by atoms with E-state index in [-0.39, 0.29) is 11.8 Å². The lowest BCUT2D eigenvalue weighted by molar-refractivity contribution is -0.112. The third kappa shape index (κ3) is 5.13. The van der Waals surface area contributed by atoms with Gasteiger partial charge >= 0.3 is 6.09 Å². The van der Waals surface area contributed by atoms with Crippen molar-refractivity contribution in [3.63, 3.8) is 0 Å². The van der Waals surface area contributed by atoms with Crippen LogP contribution in [0.1, 0.15) is 41.4 Å². The number of rotatable bonds is 9. The first kappa shape index (κ1) is 21.3. The number of nitrogens with zero attached hydrogens (tertiary/aromatic N) is 1. The Balaban J connectivity index is 1.92. The first-order valence-electron chi connectivity index (χ1n) is 9.98. The zero-order valence-electron chi connectivity index (χ0n) is 16.7. The van der Waals surface area contributed by atoms with Gasteiger partial charge < -0.3 is 9.90 Å². The first-order valence-corrected chi connectivity index (χ1v) is 9.98. The summed E-state index contributed by atoms with van der Waals surface area (Å²) in [6.07, 6.45) is 0.649. The molecule has 1 amide bonds. The van der Waals surface area contributed by atoms with E-state index in [1.54, 1.807) is 0 Å². The first-order chi connectivity index (χ1) is 14.6. The minimum absolute atomic E-state index is 0.127. The SMILES string of the molecule is NN(C(=O)O)C(C=O)C(CCC(c1ccccc1)c1ccccc1)c1ccccc1. The van der Waals surface area contributed by atoms with Crippen LogP contribution in [0.25, 0.3) is 0 Å². The molecule has 0 bridgehead atoms. The predicted octanol–water partition coefficient (Wildman–Crippen LogP) is 4.80. The maximum Gasteiger partial charge on any atom is 0.422 e. The van der Waals surface area contributed by atoms with Crippen LogP contribution in [0.15, 0.2) is 91.0 Å². The van der Waals surface area contributed by atoms with Crippen LogP contribution in [0.5, 0.6) is 0 Å². The van der Waals surface area contributed by atoms with Gasteiger partial charge in [-0.2, -0.15) is 0 Å². The highest BCUT2D eigenvalue weighted by Crippen LogP contribution is 2.35. The van der Waals surface area contributed by atoms with Crippen molar-refractivity contribution in [2.75, 3.05) is 0 Å². The molecule has 154 valence electrons. The molecule has 2 atom stereocenters. The van der Waals surface area contributed by atoms with Crippen LogP contribution in [-0.2, 0) is 4.79 Å². The van der Waals surface area contributed by atoms with E-state index in [0.717, 1.165) is 12.0 Å². The molecule has 3 N–H and O–H groups in total. The maximum absolute atomic E-state index is 11.9. The zero-order chi connectivity index (χ0) is 21.3. The highest BCUT2D eigenvalue weighted by atomic mass is 16.4. The molecule has 0 spiro atoms. The number of hydrogen-bond donors (Lipinski definition) is 2. The molecule has 5 heteroatoms. The summed E-state index contributed by atoms with van der Waals surface area (Å²) in [4.78, 5) is 23.3. The molecule has 3 aromatic rings. The smallest absolute Gasteiger partial charge is 0.422 e. The molecule has 0 aliphatic carbocycles. The number of amides is 1. The highest BCUT2D eigenvalue weighted by molar-refractivity contribution is 5.72. The molecule has 0 aromatic heterocycles. The monoisotopic (exact) mass is 402 g/mol. The van der Waals surface area contributed by atoms with E-state index in [2.05, 4.69) is 24.3 Å². The van der Waals surface area contributed by atoms with Crippen molar-refractivity contribution >= 4 is 12.4 Å². The lowest BCUT2D eigenvalue weighted by Crippen LogP contribution is -2.48. The second kappa shape index (κ2) is 10.4. The molecular weight excluding hydrogens is 376 g/mol. The van der Waals surface area contributed by atoms with Gasteiger partial charge in [0.25, 0.3) is 0 Å². The molecule has 30 heavy (non-hydrogen) atoms. The minimum Gasteiger partial charge on any atom is -0.464 e. The summed E-state index contributed by atoms with van der Waals surface area (Å²) >= 11 is 0. The predicted molar refractivity (Wildman–Crippen MR) is 117 cm³/mol. The van der Waals surface area contributed by atoms with Crippen LogP contribution in [0.3, 0.4) is 0 Å². The third-order valence-electron chi connectivity index (χ3n) is 5.49. The molecule has 3 aromatic carbocycles. The fourth-order valence-electron chi connectivity index (χ4n) is 3.96. The number of carbonyl (C=O) groups is 2. The van der Waals surface area contributed by atoms with Crippen LogP contribution in [0.2, 0.25) is 0 Å². The number of aldehydes is 1. The summed E-state index contributed by atoms with van der Waals surface area (Å²) in [7, 11) is 0. The van der Waals surface area contributed by atoms with Crippen LogP contribution in [0, 0.1) is 0 Å². The van der Waals surface area contributed by atoms with Crippen LogP contribution in [-0.4, -0.2) is 28.5 Å². The number of nitrogens with two attached hydrogens (primary N) is 1. The van der Waals surface area contributed by atoms with Gasteiger partial charge in [0.05, 0.1) is 0 Å². The van der Waals surface area contributed by atoms with Crippen molar-refractivity contribution in [2.45, 2.75) is 30.7 Å². The van der Waals surface area contributed by atoms with E-state index in [4.69, 9.17) is 5.84 Å². The fourth-order valence-corrected chi connectivity index (χ4v) is 3.96. The van der Waals surface area contributed by atoms with Crippen molar-refractivity contribution in [3.05, 3.63) is 108 Å². The highest BCUT2D eigenvalue weighted by Gasteiger charge is 2.31. The average molecular weight is 402 g/mol. The molecule has 0 fully saturated rings. The lowest BCUT2D eigenvalue weighted by atomic mass is 9.81. The Kier molecular flexibility index (Phi) is 7.35. The topological polar surface area (TPSA) is 83.6 Å². The Bertz CT molecular complexity index is 893. The molecule has 0 radical (unpaired) electrons. The molecule has 2 unspecified atom stereocenters. The van der Waals surface area contributed by atoms with E-state index in [9.17, 15) is 14.7 Å². The van der Waals surface area contributed by atoms with Gasteiger partial charge in [0.1, 0.15) is 12.3 Å². The van der Waals surface area contributed by atoms with Gasteiger partial charge in [-0.3, -0.25) is 0 Å². The van der Waals surface area contributed by atoms with E-state index >= 15 is 0 Å². The largest absolute Gasteiger partial charge is 0.464 e. The fraction of sp³-hybridized carbons (Fsp3) is 0.200. The molecule has 0 heterocycles. The summed E-state index contributed by atoms with van der Waals surface area (Å²) in [6, 6.07) is 28.9. The Morgan fingerprint density at radius 2 is 1.23 bits per heavy atom. The van der Waals surface area contributed by atoms with Crippen LogP contribution < -0.4 is 5.84 Å². The van der Waals surface area contributed by atoms with Crippen molar-refractivity contribution < 1.29 is 14.7 Å². The molecule has 0 aliphatic rings. The Morgan fingerprint density at radius 1 is 0.800 bits per heavy atom. The van der Waals surface area contributed by atoms with Crippen LogP contribution in [0.4, 0.5) is 4.79 Å². The summed E-state index contributed by atoms with van der Waals surface area (Å²) in [5, 5.41) is 9.97. The van der Waals surface area contributed by atoms with Crippen molar-refractivity contribution in [2.24, 2.45) is 5.84 Å². The van der Waals surface area contributed by atoms with E-state index < -0.39 is 12.1 Å². The quantitative estimate of drug-likeness (QED) is 0.233. The van der Waals surface area contributed by atoms with E-state index in [1.165, 1.54) is 11.1 Å². The standard InChI is InChI=1S/C25H26N2O3/c26-27(25(29)30)24(18-28)23(21-14-8-3-9-15-21)17-16-22(19-10-4-1-5-11-19)20-12-6-2-7-13-20/h1-15,18,22-24H,16-17,26H2,(H,29,30). The van der Waals surface area contributed by atoms with Gasteiger partial charge in [-0.05, 0) is 29.5 Å².